The molecule has 1 saturated heterocycles. The molecule has 0 spiro atoms. The van der Waals surface area contributed by atoms with Crippen molar-refractivity contribution >= 4 is 39.8 Å². The van der Waals surface area contributed by atoms with Gasteiger partial charge in [-0.3, -0.25) is 9.98 Å². The van der Waals surface area contributed by atoms with Crippen LogP contribution in [-0.2, 0) is 9.84 Å². The molecule has 0 amide bonds. The van der Waals surface area contributed by atoms with Crippen molar-refractivity contribution < 1.29 is 13.2 Å². The lowest BCUT2D eigenvalue weighted by Gasteiger charge is -2.16. The minimum atomic E-state index is -2.89. The van der Waals surface area contributed by atoms with Crippen LogP contribution in [0.1, 0.15) is 6.42 Å². The smallest absolute Gasteiger partial charge is 0.191 e. The van der Waals surface area contributed by atoms with Gasteiger partial charge in [-0.25, -0.2) is 8.42 Å². The molecule has 1 atom stereocenters. The molecule has 1 aliphatic rings. The maximum Gasteiger partial charge on any atom is 0.191 e. The van der Waals surface area contributed by atoms with Gasteiger partial charge in [-0.1, -0.05) is 0 Å². The second-order valence-corrected chi connectivity index (χ2v) is 7.01. The third kappa shape index (κ3) is 6.34. The number of hydrogen-bond donors (Lipinski definition) is 2. The molecule has 22 heavy (non-hydrogen) atoms. The highest BCUT2D eigenvalue weighted by Crippen LogP contribution is 2.10. The molecule has 1 aromatic heterocycles. The van der Waals surface area contributed by atoms with Gasteiger partial charge in [-0.05, 0) is 18.6 Å². The van der Waals surface area contributed by atoms with Crippen molar-refractivity contribution in [1.29, 1.82) is 0 Å². The van der Waals surface area contributed by atoms with E-state index >= 15 is 0 Å². The summed E-state index contributed by atoms with van der Waals surface area (Å²) in [5, 5.41) is 6.20. The van der Waals surface area contributed by atoms with Crippen molar-refractivity contribution in [3.8, 4) is 5.75 Å². The number of sulfone groups is 1. The molecule has 0 saturated carbocycles. The van der Waals surface area contributed by atoms with Crippen LogP contribution in [-0.4, -0.2) is 57.1 Å². The van der Waals surface area contributed by atoms with Gasteiger partial charge in [-0.15, -0.1) is 24.0 Å². The molecule has 0 bridgehead atoms. The van der Waals surface area contributed by atoms with Crippen molar-refractivity contribution in [1.82, 2.24) is 15.6 Å². The van der Waals surface area contributed by atoms with E-state index in [1.807, 2.05) is 12.1 Å². The van der Waals surface area contributed by atoms with Gasteiger partial charge < -0.3 is 15.4 Å². The van der Waals surface area contributed by atoms with Gasteiger partial charge in [-0.2, -0.15) is 0 Å². The third-order valence-electron chi connectivity index (χ3n) is 3.09. The fraction of sp³-hybridized carbons (Fsp3) is 0.538. The first-order valence-corrected chi connectivity index (χ1v) is 8.61. The normalized spacial score (nSPS) is 20.0. The molecule has 0 radical (unpaired) electrons. The number of ether oxygens (including phenoxy) is 1. The molecule has 2 N–H and O–H groups in total. The number of guanidine groups is 1. The fourth-order valence-electron chi connectivity index (χ4n) is 2.07. The van der Waals surface area contributed by atoms with Crippen molar-refractivity contribution in [3.05, 3.63) is 24.5 Å². The number of nitrogens with zero attached hydrogens (tertiary/aromatic N) is 2. The lowest BCUT2D eigenvalue weighted by atomic mass is 10.3. The van der Waals surface area contributed by atoms with Crippen LogP contribution < -0.4 is 15.4 Å². The monoisotopic (exact) mass is 440 g/mol. The average molecular weight is 440 g/mol. The average Bonchev–Trinajstić information content (AvgIpc) is 2.82. The Balaban J connectivity index is 0.00000242. The molecule has 9 heteroatoms. The van der Waals surface area contributed by atoms with Gasteiger partial charge in [0.25, 0.3) is 0 Å². The Morgan fingerprint density at radius 2 is 2.36 bits per heavy atom. The van der Waals surface area contributed by atoms with E-state index in [2.05, 4.69) is 20.6 Å². The van der Waals surface area contributed by atoms with Crippen LogP contribution in [0.3, 0.4) is 0 Å². The van der Waals surface area contributed by atoms with E-state index in [4.69, 9.17) is 4.74 Å². The van der Waals surface area contributed by atoms with Crippen molar-refractivity contribution in [2.24, 2.45) is 4.99 Å². The Kier molecular flexibility index (Phi) is 7.87. The Hall–Kier alpha value is -1.10. The summed E-state index contributed by atoms with van der Waals surface area (Å²) >= 11 is 0. The van der Waals surface area contributed by atoms with E-state index in [1.165, 1.54) is 0 Å². The molecular formula is C13H21IN4O3S. The lowest BCUT2D eigenvalue weighted by molar-refractivity contribution is 0.320. The Morgan fingerprint density at radius 3 is 2.95 bits per heavy atom. The number of aromatic nitrogens is 1. The second-order valence-electron chi connectivity index (χ2n) is 4.78. The number of halogens is 1. The SMILES string of the molecule is CN=C(NCCOc1cccnc1)NC1CCS(=O)(=O)C1.I. The maximum absolute atomic E-state index is 11.4. The van der Waals surface area contributed by atoms with Gasteiger partial charge >= 0.3 is 0 Å². The van der Waals surface area contributed by atoms with E-state index < -0.39 is 9.84 Å². The Morgan fingerprint density at radius 1 is 1.55 bits per heavy atom. The standard InChI is InChI=1S/C13H20N4O3S.HI/c1-14-13(17-11-4-8-21(18,19)10-11)16-6-7-20-12-3-2-5-15-9-12;/h2-3,5,9,11H,4,6-8,10H2,1H3,(H2,14,16,17);1H. The van der Waals surface area contributed by atoms with Crippen molar-refractivity contribution in [2.45, 2.75) is 12.5 Å². The summed E-state index contributed by atoms with van der Waals surface area (Å²) in [4.78, 5) is 8.03. The first-order chi connectivity index (χ1) is 10.1. The van der Waals surface area contributed by atoms with Gasteiger partial charge in [0.2, 0.25) is 0 Å². The van der Waals surface area contributed by atoms with Gasteiger partial charge in [0.05, 0.1) is 24.2 Å². The molecule has 7 nitrogen and oxygen atoms in total. The largest absolute Gasteiger partial charge is 0.490 e. The molecule has 2 heterocycles. The highest BCUT2D eigenvalue weighted by molar-refractivity contribution is 14.0. The maximum atomic E-state index is 11.4. The Bertz CT molecular complexity index is 580. The highest BCUT2D eigenvalue weighted by Gasteiger charge is 2.28. The summed E-state index contributed by atoms with van der Waals surface area (Å²) in [5.41, 5.74) is 0. The quantitative estimate of drug-likeness (QED) is 0.299. The zero-order chi connectivity index (χ0) is 15.1. The molecular weight excluding hydrogens is 419 g/mol. The van der Waals surface area contributed by atoms with Crippen molar-refractivity contribution in [2.75, 3.05) is 31.7 Å². The fourth-order valence-corrected chi connectivity index (χ4v) is 3.74. The zero-order valence-corrected chi connectivity index (χ0v) is 15.5. The number of rotatable bonds is 5. The van der Waals surface area contributed by atoms with Crippen LogP contribution in [0.5, 0.6) is 5.75 Å². The first-order valence-electron chi connectivity index (χ1n) is 6.79. The molecule has 124 valence electrons. The third-order valence-corrected chi connectivity index (χ3v) is 4.86. The minimum absolute atomic E-state index is 0. The summed E-state index contributed by atoms with van der Waals surface area (Å²) in [7, 11) is -1.23. The van der Waals surface area contributed by atoms with Crippen LogP contribution in [0, 0.1) is 0 Å². The van der Waals surface area contributed by atoms with E-state index in [-0.39, 0.29) is 41.5 Å². The lowest BCUT2D eigenvalue weighted by Crippen LogP contribution is -2.45. The van der Waals surface area contributed by atoms with Gasteiger partial charge in [0.15, 0.2) is 15.8 Å². The summed E-state index contributed by atoms with van der Waals surface area (Å²) in [6, 6.07) is 3.58. The molecule has 1 aliphatic heterocycles. The number of aliphatic imine (C=N–C) groups is 1. The zero-order valence-electron chi connectivity index (χ0n) is 12.4. The van der Waals surface area contributed by atoms with Crippen LogP contribution >= 0.6 is 24.0 Å². The van der Waals surface area contributed by atoms with Gasteiger partial charge in [0.1, 0.15) is 12.4 Å². The molecule has 1 aromatic rings. The molecule has 1 fully saturated rings. The Labute approximate surface area is 147 Å². The van der Waals surface area contributed by atoms with Crippen LogP contribution in [0.4, 0.5) is 0 Å². The number of hydrogen-bond acceptors (Lipinski definition) is 5. The predicted molar refractivity (Wildman–Crippen MR) is 96.7 cm³/mol. The van der Waals surface area contributed by atoms with Crippen molar-refractivity contribution in [3.63, 3.8) is 0 Å². The second kappa shape index (κ2) is 9.13. The topological polar surface area (TPSA) is 92.7 Å². The van der Waals surface area contributed by atoms with E-state index in [0.717, 1.165) is 0 Å². The molecule has 2 rings (SSSR count). The molecule has 0 aliphatic carbocycles. The highest BCUT2D eigenvalue weighted by atomic mass is 127. The summed E-state index contributed by atoms with van der Waals surface area (Å²) in [6.07, 6.45) is 3.96. The van der Waals surface area contributed by atoms with E-state index in [0.29, 0.717) is 31.3 Å². The minimum Gasteiger partial charge on any atom is -0.490 e. The molecule has 1 unspecified atom stereocenters. The molecule has 0 aromatic carbocycles. The predicted octanol–water partition coefficient (Wildman–Crippen LogP) is 0.430. The van der Waals surface area contributed by atoms with E-state index in [1.54, 1.807) is 19.4 Å². The number of nitrogens with one attached hydrogen (secondary N) is 2. The van der Waals surface area contributed by atoms with E-state index in [9.17, 15) is 8.42 Å². The van der Waals surface area contributed by atoms with Crippen LogP contribution in [0.2, 0.25) is 0 Å². The van der Waals surface area contributed by atoms with Crippen LogP contribution in [0.25, 0.3) is 0 Å². The summed E-state index contributed by atoms with van der Waals surface area (Å²) < 4.78 is 28.3. The summed E-state index contributed by atoms with van der Waals surface area (Å²) in [6.45, 7) is 1.03. The summed E-state index contributed by atoms with van der Waals surface area (Å²) in [5.74, 6) is 1.71. The first kappa shape index (κ1) is 18.9. The number of pyridine rings is 1. The van der Waals surface area contributed by atoms with Crippen LogP contribution in [0.15, 0.2) is 29.5 Å². The van der Waals surface area contributed by atoms with Gasteiger partial charge in [0, 0.05) is 19.3 Å².